The van der Waals surface area contributed by atoms with E-state index in [0.717, 1.165) is 30.8 Å². The van der Waals surface area contributed by atoms with Gasteiger partial charge in [-0.25, -0.2) is 0 Å². The van der Waals surface area contributed by atoms with Gasteiger partial charge in [0.25, 0.3) is 10.0 Å². The third-order valence-corrected chi connectivity index (χ3v) is 8.22. The Kier molecular flexibility index (Phi) is 6.77. The molecule has 2 aromatic carbocycles. The van der Waals surface area contributed by atoms with E-state index in [1.165, 1.54) is 0 Å². The second-order valence-corrected chi connectivity index (χ2v) is 10.5. The molecule has 2 fully saturated rings. The van der Waals surface area contributed by atoms with E-state index in [1.807, 2.05) is 29.2 Å². The lowest BCUT2D eigenvalue weighted by atomic mass is 10.0. The molecule has 3 aliphatic heterocycles. The zero-order valence-electron chi connectivity index (χ0n) is 19.7. The van der Waals surface area contributed by atoms with Crippen molar-refractivity contribution < 1.29 is 22.7 Å². The molecule has 0 radical (unpaired) electrons. The number of methoxy groups -OCH3 is 1. The van der Waals surface area contributed by atoms with Gasteiger partial charge in [0.15, 0.2) is 5.84 Å². The number of fused-ring (bicyclic) bond motifs is 1. The lowest BCUT2D eigenvalue weighted by molar-refractivity contribution is -0.124. The van der Waals surface area contributed by atoms with Gasteiger partial charge in [-0.15, -0.1) is 4.40 Å². The molecule has 186 valence electrons. The van der Waals surface area contributed by atoms with Gasteiger partial charge in [0.05, 0.1) is 26.4 Å². The molecule has 0 saturated carbocycles. The van der Waals surface area contributed by atoms with Gasteiger partial charge in [-0.2, -0.15) is 8.42 Å². The monoisotopic (exact) mass is 498 g/mol. The molecule has 5 rings (SSSR count). The van der Waals surface area contributed by atoms with Gasteiger partial charge in [-0.1, -0.05) is 24.3 Å². The second-order valence-electron chi connectivity index (χ2n) is 8.92. The first-order valence-electron chi connectivity index (χ1n) is 11.9. The van der Waals surface area contributed by atoms with E-state index in [1.54, 1.807) is 31.4 Å². The van der Waals surface area contributed by atoms with Gasteiger partial charge >= 0.3 is 0 Å². The number of hydrogen-bond acceptors (Lipinski definition) is 7. The Morgan fingerprint density at radius 2 is 1.89 bits per heavy atom. The lowest BCUT2D eigenvalue weighted by Crippen LogP contribution is -2.49. The number of benzene rings is 2. The van der Waals surface area contributed by atoms with Crippen LogP contribution in [0.4, 0.5) is 0 Å². The Morgan fingerprint density at radius 3 is 2.63 bits per heavy atom. The molecule has 3 heterocycles. The summed E-state index contributed by atoms with van der Waals surface area (Å²) in [5, 5.41) is 3.15. The molecule has 2 saturated heterocycles. The predicted octanol–water partition coefficient (Wildman–Crippen LogP) is 1.80. The van der Waals surface area contributed by atoms with E-state index in [9.17, 15) is 13.2 Å². The van der Waals surface area contributed by atoms with Crippen LogP contribution in [0.2, 0.25) is 0 Å². The number of ether oxygens (including phenoxy) is 2. The summed E-state index contributed by atoms with van der Waals surface area (Å²) in [6, 6.07) is 14.3. The molecule has 0 unspecified atom stereocenters. The Balaban J connectivity index is 1.33. The highest BCUT2D eigenvalue weighted by Crippen LogP contribution is 2.31. The van der Waals surface area contributed by atoms with Crippen LogP contribution >= 0.6 is 0 Å². The molecule has 1 N–H and O–H groups in total. The van der Waals surface area contributed by atoms with Crippen LogP contribution in [-0.2, 0) is 19.6 Å². The highest BCUT2D eigenvalue weighted by atomic mass is 32.2. The van der Waals surface area contributed by atoms with Gasteiger partial charge in [-0.3, -0.25) is 9.69 Å². The minimum absolute atomic E-state index is 0.00599. The molecular weight excluding hydrogens is 468 g/mol. The van der Waals surface area contributed by atoms with Gasteiger partial charge in [0, 0.05) is 31.7 Å². The van der Waals surface area contributed by atoms with Crippen molar-refractivity contribution >= 4 is 21.8 Å². The summed E-state index contributed by atoms with van der Waals surface area (Å²) < 4.78 is 40.0. The van der Waals surface area contributed by atoms with Crippen LogP contribution < -0.4 is 10.1 Å². The SMILES string of the molecule is COc1ccc([C@H](CNC(=O)[C@H]2CCCN2C2=NS(=O)(=O)c3ccccc32)N2CCOCC2)cc1. The number of carbonyl (C=O) groups is 1. The summed E-state index contributed by atoms with van der Waals surface area (Å²) in [4.78, 5) is 17.8. The first-order valence-corrected chi connectivity index (χ1v) is 13.4. The summed E-state index contributed by atoms with van der Waals surface area (Å²) in [6.07, 6.45) is 1.45. The molecule has 0 aromatic heterocycles. The first kappa shape index (κ1) is 23.8. The molecule has 10 heteroatoms. The average Bonchev–Trinajstić information content (AvgIpc) is 3.48. The summed E-state index contributed by atoms with van der Waals surface area (Å²) in [6.45, 7) is 3.92. The Bertz CT molecular complexity index is 1210. The van der Waals surface area contributed by atoms with Crippen LogP contribution in [0.3, 0.4) is 0 Å². The molecule has 2 aromatic rings. The summed E-state index contributed by atoms with van der Waals surface area (Å²) in [7, 11) is -2.10. The van der Waals surface area contributed by atoms with E-state index < -0.39 is 16.1 Å². The van der Waals surface area contributed by atoms with Crippen molar-refractivity contribution in [3.8, 4) is 5.75 Å². The zero-order chi connectivity index (χ0) is 24.4. The summed E-state index contributed by atoms with van der Waals surface area (Å²) in [5.74, 6) is 1.05. The summed E-state index contributed by atoms with van der Waals surface area (Å²) >= 11 is 0. The fourth-order valence-electron chi connectivity index (χ4n) is 5.08. The smallest absolute Gasteiger partial charge is 0.285 e. The van der Waals surface area contributed by atoms with E-state index in [4.69, 9.17) is 9.47 Å². The molecule has 0 aliphatic carbocycles. The largest absolute Gasteiger partial charge is 0.497 e. The fraction of sp³-hybridized carbons (Fsp3) is 0.440. The minimum atomic E-state index is -3.74. The second kappa shape index (κ2) is 9.96. The number of carbonyl (C=O) groups excluding carboxylic acids is 1. The standard InChI is InChI=1S/C25H30N4O5S/c1-33-19-10-8-18(9-11-19)22(28-13-15-34-16-14-28)17-26-25(30)21-6-4-12-29(21)24-20-5-2-3-7-23(20)35(31,32)27-24/h2-3,5,7-11,21-22H,4,6,12-17H2,1H3,(H,26,30)/t21-,22+/m1/s1. The van der Waals surface area contributed by atoms with Crippen molar-refractivity contribution in [2.45, 2.75) is 29.8 Å². The normalized spacial score (nSPS) is 22.4. The van der Waals surface area contributed by atoms with E-state index in [-0.39, 0.29) is 16.8 Å². The molecule has 3 aliphatic rings. The topological polar surface area (TPSA) is 101 Å². The van der Waals surface area contributed by atoms with Gasteiger partial charge < -0.3 is 19.7 Å². The van der Waals surface area contributed by atoms with Crippen molar-refractivity contribution in [3.05, 3.63) is 59.7 Å². The molecule has 35 heavy (non-hydrogen) atoms. The maximum atomic E-state index is 13.4. The van der Waals surface area contributed by atoms with Crippen molar-refractivity contribution in [1.29, 1.82) is 0 Å². The number of rotatable bonds is 6. The maximum Gasteiger partial charge on any atom is 0.285 e. The molecule has 2 atom stereocenters. The number of nitrogens with zero attached hydrogens (tertiary/aromatic N) is 3. The molecule has 1 amide bonds. The van der Waals surface area contributed by atoms with Crippen molar-refractivity contribution in [1.82, 2.24) is 15.1 Å². The van der Waals surface area contributed by atoms with Gasteiger partial charge in [0.2, 0.25) is 5.91 Å². The lowest BCUT2D eigenvalue weighted by Gasteiger charge is -2.35. The highest BCUT2D eigenvalue weighted by Gasteiger charge is 2.39. The van der Waals surface area contributed by atoms with Gasteiger partial charge in [-0.05, 0) is 42.7 Å². The number of sulfonamides is 1. The molecule has 0 spiro atoms. The average molecular weight is 499 g/mol. The van der Waals surface area contributed by atoms with Gasteiger partial charge in [0.1, 0.15) is 16.7 Å². The number of amidine groups is 1. The first-order chi connectivity index (χ1) is 17.0. The number of morpholine rings is 1. The van der Waals surface area contributed by atoms with Crippen molar-refractivity contribution in [2.24, 2.45) is 4.40 Å². The number of hydrogen-bond donors (Lipinski definition) is 1. The van der Waals surface area contributed by atoms with Crippen LogP contribution in [0.5, 0.6) is 5.75 Å². The summed E-state index contributed by atoms with van der Waals surface area (Å²) in [5.41, 5.74) is 1.66. The quantitative estimate of drug-likeness (QED) is 0.648. The van der Waals surface area contributed by atoms with Crippen molar-refractivity contribution in [2.75, 3.05) is 46.5 Å². The third kappa shape index (κ3) is 4.78. The van der Waals surface area contributed by atoms with Crippen LogP contribution in [0.25, 0.3) is 0 Å². The van der Waals surface area contributed by atoms with Crippen molar-refractivity contribution in [3.63, 3.8) is 0 Å². The molecule has 0 bridgehead atoms. The Hall–Kier alpha value is -2.95. The van der Waals surface area contributed by atoms with E-state index in [2.05, 4.69) is 14.6 Å². The van der Waals surface area contributed by atoms with Crippen LogP contribution in [0.15, 0.2) is 57.8 Å². The highest BCUT2D eigenvalue weighted by molar-refractivity contribution is 7.90. The maximum absolute atomic E-state index is 13.4. The molecular formula is C25H30N4O5S. The zero-order valence-corrected chi connectivity index (χ0v) is 20.5. The number of amides is 1. The Labute approximate surface area is 205 Å². The predicted molar refractivity (Wildman–Crippen MR) is 131 cm³/mol. The van der Waals surface area contributed by atoms with Crippen LogP contribution in [0.1, 0.15) is 30.0 Å². The molecule has 9 nitrogen and oxygen atoms in total. The minimum Gasteiger partial charge on any atom is -0.497 e. The third-order valence-electron chi connectivity index (χ3n) is 6.90. The van der Waals surface area contributed by atoms with Crippen LogP contribution in [-0.4, -0.2) is 82.5 Å². The van der Waals surface area contributed by atoms with Crippen LogP contribution in [0, 0.1) is 0 Å². The van der Waals surface area contributed by atoms with E-state index >= 15 is 0 Å². The number of nitrogens with one attached hydrogen (secondary N) is 1. The Morgan fingerprint density at radius 1 is 1.14 bits per heavy atom. The fourth-order valence-corrected chi connectivity index (χ4v) is 6.29. The number of likely N-dealkylation sites (tertiary alicyclic amines) is 1. The van der Waals surface area contributed by atoms with E-state index in [0.29, 0.717) is 44.1 Å².